The summed E-state index contributed by atoms with van der Waals surface area (Å²) in [4.78, 5) is 10.8. The molecule has 1 atom stereocenters. The Morgan fingerprint density at radius 3 is 2.40 bits per heavy atom. The zero-order valence-electron chi connectivity index (χ0n) is 6.30. The van der Waals surface area contributed by atoms with Gasteiger partial charge in [-0.1, -0.05) is 0 Å². The van der Waals surface area contributed by atoms with Gasteiger partial charge >= 0.3 is 5.97 Å². The van der Waals surface area contributed by atoms with E-state index in [0.717, 1.165) is 5.57 Å². The molecule has 0 aromatic rings. The number of esters is 1. The van der Waals surface area contributed by atoms with Gasteiger partial charge in [-0.25, -0.2) is 4.79 Å². The number of ether oxygens (including phenoxy) is 2. The van der Waals surface area contributed by atoms with Crippen molar-refractivity contribution < 1.29 is 14.3 Å². The topological polar surface area (TPSA) is 35.5 Å². The molecule has 3 nitrogen and oxygen atoms in total. The van der Waals surface area contributed by atoms with E-state index in [4.69, 9.17) is 9.47 Å². The monoisotopic (exact) mass is 142 g/mol. The van der Waals surface area contributed by atoms with E-state index in [2.05, 4.69) is 0 Å². The summed E-state index contributed by atoms with van der Waals surface area (Å²) in [6.45, 7) is 3.65. The van der Waals surface area contributed by atoms with Gasteiger partial charge in [-0.05, 0) is 13.8 Å². The third kappa shape index (κ3) is 0.875. The molecule has 0 fully saturated rings. The minimum Gasteiger partial charge on any atom is -0.490 e. The Hall–Kier alpha value is -0.990. The number of cyclic esters (lactones) is 1. The second-order valence-electron chi connectivity index (χ2n) is 2.26. The van der Waals surface area contributed by atoms with Crippen molar-refractivity contribution in [1.82, 2.24) is 0 Å². The highest BCUT2D eigenvalue weighted by molar-refractivity contribution is 5.89. The lowest BCUT2D eigenvalue weighted by molar-refractivity contribution is -0.141. The summed E-state index contributed by atoms with van der Waals surface area (Å²) in [7, 11) is 1.47. The predicted octanol–water partition coefficient (Wildman–Crippen LogP) is 0.852. The number of carbonyl (C=O) groups excluding carboxylic acids is 1. The molecule has 10 heavy (non-hydrogen) atoms. The smallest absolute Gasteiger partial charge is 0.374 e. The van der Waals surface area contributed by atoms with Gasteiger partial charge in [0.25, 0.3) is 0 Å². The summed E-state index contributed by atoms with van der Waals surface area (Å²) < 4.78 is 9.65. The van der Waals surface area contributed by atoms with Crippen molar-refractivity contribution in [1.29, 1.82) is 0 Å². The van der Waals surface area contributed by atoms with Crippen molar-refractivity contribution in [2.45, 2.75) is 20.0 Å². The van der Waals surface area contributed by atoms with Crippen molar-refractivity contribution in [2.24, 2.45) is 0 Å². The Kier molecular flexibility index (Phi) is 1.66. The number of rotatable bonds is 1. The summed E-state index contributed by atoms with van der Waals surface area (Å²) in [5.41, 5.74) is 0.868. The molecule has 1 rings (SSSR count). The molecule has 56 valence electrons. The first-order valence-corrected chi connectivity index (χ1v) is 3.12. The van der Waals surface area contributed by atoms with E-state index in [0.29, 0.717) is 5.76 Å². The summed E-state index contributed by atoms with van der Waals surface area (Å²) in [6, 6.07) is 0. The van der Waals surface area contributed by atoms with Crippen molar-refractivity contribution in [3.63, 3.8) is 0 Å². The quantitative estimate of drug-likeness (QED) is 0.509. The fourth-order valence-corrected chi connectivity index (χ4v) is 0.892. The first kappa shape index (κ1) is 7.12. The van der Waals surface area contributed by atoms with Gasteiger partial charge in [0.1, 0.15) is 6.10 Å². The van der Waals surface area contributed by atoms with Crippen LogP contribution in [0.2, 0.25) is 0 Å². The standard InChI is InChI=1S/C7H10O3/c1-4-5(2)10-7(8)6(4)9-3/h5H,1-3H3/t5-/m1/s1. The maximum absolute atomic E-state index is 10.8. The lowest BCUT2D eigenvalue weighted by atomic mass is 10.2. The molecule has 0 aromatic carbocycles. The fourth-order valence-electron chi connectivity index (χ4n) is 0.892. The fraction of sp³-hybridized carbons (Fsp3) is 0.571. The van der Waals surface area contributed by atoms with Gasteiger partial charge in [-0.15, -0.1) is 0 Å². The molecule has 0 saturated heterocycles. The van der Waals surface area contributed by atoms with Crippen LogP contribution in [0.3, 0.4) is 0 Å². The largest absolute Gasteiger partial charge is 0.490 e. The molecule has 0 radical (unpaired) electrons. The Morgan fingerprint density at radius 2 is 2.20 bits per heavy atom. The Balaban J connectivity index is 2.90. The molecular formula is C7H10O3. The average Bonchev–Trinajstić information content (AvgIpc) is 2.09. The second-order valence-corrected chi connectivity index (χ2v) is 2.26. The van der Waals surface area contributed by atoms with Gasteiger partial charge in [0, 0.05) is 5.57 Å². The second kappa shape index (κ2) is 2.33. The minimum atomic E-state index is -0.354. The first-order chi connectivity index (χ1) is 4.66. The molecule has 0 aromatic heterocycles. The van der Waals surface area contributed by atoms with Crippen molar-refractivity contribution in [2.75, 3.05) is 7.11 Å². The van der Waals surface area contributed by atoms with Gasteiger partial charge in [-0.3, -0.25) is 0 Å². The van der Waals surface area contributed by atoms with Crippen LogP contribution in [-0.2, 0) is 14.3 Å². The van der Waals surface area contributed by atoms with E-state index in [1.165, 1.54) is 7.11 Å². The lowest BCUT2D eigenvalue weighted by Crippen LogP contribution is -2.04. The van der Waals surface area contributed by atoms with E-state index in [9.17, 15) is 4.79 Å². The summed E-state index contributed by atoms with van der Waals surface area (Å²) in [5.74, 6) is 0.000000000000000444. The Labute approximate surface area is 59.6 Å². The van der Waals surface area contributed by atoms with E-state index in [1.807, 2.05) is 13.8 Å². The third-order valence-corrected chi connectivity index (χ3v) is 1.64. The zero-order chi connectivity index (χ0) is 7.72. The van der Waals surface area contributed by atoms with Gasteiger partial charge in [0.15, 0.2) is 0 Å². The molecule has 0 N–H and O–H groups in total. The number of methoxy groups -OCH3 is 1. The summed E-state index contributed by atoms with van der Waals surface area (Å²) in [5, 5.41) is 0. The van der Waals surface area contributed by atoms with Crippen LogP contribution >= 0.6 is 0 Å². The predicted molar refractivity (Wildman–Crippen MR) is 35.3 cm³/mol. The Morgan fingerprint density at radius 1 is 1.60 bits per heavy atom. The normalized spacial score (nSPS) is 25.1. The van der Waals surface area contributed by atoms with Crippen LogP contribution in [0.25, 0.3) is 0 Å². The van der Waals surface area contributed by atoms with E-state index in [1.54, 1.807) is 0 Å². The highest BCUT2D eigenvalue weighted by Gasteiger charge is 2.28. The molecule has 0 amide bonds. The molecule has 3 heteroatoms. The van der Waals surface area contributed by atoms with Crippen LogP contribution in [0.5, 0.6) is 0 Å². The highest BCUT2D eigenvalue weighted by Crippen LogP contribution is 2.21. The van der Waals surface area contributed by atoms with Gasteiger partial charge < -0.3 is 9.47 Å². The van der Waals surface area contributed by atoms with Crippen molar-refractivity contribution in [3.8, 4) is 0 Å². The highest BCUT2D eigenvalue weighted by atomic mass is 16.6. The van der Waals surface area contributed by atoms with Crippen LogP contribution in [0.4, 0.5) is 0 Å². The van der Waals surface area contributed by atoms with Gasteiger partial charge in [-0.2, -0.15) is 0 Å². The van der Waals surface area contributed by atoms with E-state index >= 15 is 0 Å². The van der Waals surface area contributed by atoms with Crippen LogP contribution in [0.15, 0.2) is 11.3 Å². The number of hydrogen-bond donors (Lipinski definition) is 0. The van der Waals surface area contributed by atoms with Crippen LogP contribution in [0.1, 0.15) is 13.8 Å². The lowest BCUT2D eigenvalue weighted by Gasteiger charge is -1.99. The molecular weight excluding hydrogens is 132 g/mol. The summed E-state index contributed by atoms with van der Waals surface area (Å²) in [6.07, 6.45) is -0.123. The van der Waals surface area contributed by atoms with Crippen LogP contribution in [0, 0.1) is 0 Å². The molecule has 1 heterocycles. The minimum absolute atomic E-state index is 0.123. The zero-order valence-corrected chi connectivity index (χ0v) is 6.30. The number of carbonyl (C=O) groups is 1. The Bertz CT molecular complexity index is 193. The average molecular weight is 142 g/mol. The van der Waals surface area contributed by atoms with E-state index in [-0.39, 0.29) is 12.1 Å². The first-order valence-electron chi connectivity index (χ1n) is 3.12. The molecule has 1 aliphatic heterocycles. The molecule has 0 saturated carbocycles. The molecule has 0 unspecified atom stereocenters. The SMILES string of the molecule is COC1=C(C)[C@@H](C)OC1=O. The molecule has 0 aliphatic carbocycles. The van der Waals surface area contributed by atoms with Crippen LogP contribution in [-0.4, -0.2) is 19.2 Å². The maximum Gasteiger partial charge on any atom is 0.374 e. The molecule has 1 aliphatic rings. The summed E-state index contributed by atoms with van der Waals surface area (Å²) >= 11 is 0. The maximum atomic E-state index is 10.8. The van der Waals surface area contributed by atoms with Gasteiger partial charge in [0.05, 0.1) is 7.11 Å². The van der Waals surface area contributed by atoms with Crippen molar-refractivity contribution >= 4 is 5.97 Å². The third-order valence-electron chi connectivity index (χ3n) is 1.64. The van der Waals surface area contributed by atoms with Crippen LogP contribution < -0.4 is 0 Å². The molecule has 0 bridgehead atoms. The molecule has 0 spiro atoms. The van der Waals surface area contributed by atoms with E-state index < -0.39 is 0 Å². The number of hydrogen-bond acceptors (Lipinski definition) is 3. The van der Waals surface area contributed by atoms with Gasteiger partial charge in [0.2, 0.25) is 5.76 Å². The van der Waals surface area contributed by atoms with Crippen molar-refractivity contribution in [3.05, 3.63) is 11.3 Å².